The Bertz CT molecular complexity index is 713. The van der Waals surface area contributed by atoms with Crippen LogP contribution in [-0.4, -0.2) is 57.4 Å². The normalized spacial score (nSPS) is 25.6. The molecule has 7 heteroatoms. The summed E-state index contributed by atoms with van der Waals surface area (Å²) < 4.78 is 12.0. The van der Waals surface area contributed by atoms with E-state index >= 15 is 0 Å². The molecule has 2 fully saturated rings. The average molecular weight is 340 g/mol. The van der Waals surface area contributed by atoms with Gasteiger partial charge in [0.2, 0.25) is 0 Å². The molecule has 130 valence electrons. The van der Waals surface area contributed by atoms with Crippen LogP contribution in [0, 0.1) is 0 Å². The van der Waals surface area contributed by atoms with Gasteiger partial charge in [-0.1, -0.05) is 6.07 Å². The second kappa shape index (κ2) is 7.25. The first-order valence-electron chi connectivity index (χ1n) is 8.54. The van der Waals surface area contributed by atoms with Gasteiger partial charge in [0.05, 0.1) is 49.0 Å². The summed E-state index contributed by atoms with van der Waals surface area (Å²) in [6.07, 6.45) is 6.46. The van der Waals surface area contributed by atoms with E-state index in [4.69, 9.17) is 9.47 Å². The largest absolute Gasteiger partial charge is 0.372 e. The quantitative estimate of drug-likeness (QED) is 0.839. The molecule has 0 N–H and O–H groups in total. The maximum atomic E-state index is 12.8. The number of pyridine rings is 1. The number of hydrogen-bond acceptors (Lipinski definition) is 6. The molecule has 1 aliphatic heterocycles. The van der Waals surface area contributed by atoms with Gasteiger partial charge in [-0.3, -0.25) is 9.78 Å². The molecule has 1 aliphatic carbocycles. The number of rotatable bonds is 4. The van der Waals surface area contributed by atoms with Crippen LogP contribution in [0.1, 0.15) is 28.9 Å². The molecule has 1 saturated carbocycles. The lowest BCUT2D eigenvalue weighted by Gasteiger charge is -2.39. The summed E-state index contributed by atoms with van der Waals surface area (Å²) in [6.45, 7) is 1.57. The van der Waals surface area contributed by atoms with Crippen molar-refractivity contribution in [2.45, 2.75) is 37.7 Å². The molecular formula is C18H20N4O3. The number of aromatic nitrogens is 3. The molecule has 0 radical (unpaired) electrons. The van der Waals surface area contributed by atoms with Gasteiger partial charge in [0.1, 0.15) is 6.10 Å². The van der Waals surface area contributed by atoms with Crippen LogP contribution in [0.25, 0.3) is 0 Å². The van der Waals surface area contributed by atoms with Gasteiger partial charge >= 0.3 is 0 Å². The van der Waals surface area contributed by atoms with E-state index in [1.54, 1.807) is 18.5 Å². The summed E-state index contributed by atoms with van der Waals surface area (Å²) in [6, 6.07) is 7.52. The minimum Gasteiger partial charge on any atom is -0.372 e. The highest BCUT2D eigenvalue weighted by Crippen LogP contribution is 2.33. The highest BCUT2D eigenvalue weighted by Gasteiger charge is 2.45. The van der Waals surface area contributed by atoms with Crippen LogP contribution >= 0.6 is 0 Å². The molecule has 1 amide bonds. The maximum Gasteiger partial charge on any atom is 0.255 e. The molecule has 2 aromatic heterocycles. The van der Waals surface area contributed by atoms with Crippen molar-refractivity contribution in [3.8, 4) is 0 Å². The van der Waals surface area contributed by atoms with Crippen molar-refractivity contribution < 1.29 is 14.3 Å². The van der Waals surface area contributed by atoms with E-state index in [1.165, 1.54) is 6.20 Å². The van der Waals surface area contributed by atoms with Crippen LogP contribution < -0.4 is 0 Å². The molecule has 1 saturated heterocycles. The lowest BCUT2D eigenvalue weighted by molar-refractivity contribution is -0.109. The predicted octanol–water partition coefficient (Wildman–Crippen LogP) is 1.46. The molecule has 0 bridgehead atoms. The summed E-state index contributed by atoms with van der Waals surface area (Å²) in [5, 5.41) is 7.54. The Morgan fingerprint density at radius 1 is 1.24 bits per heavy atom. The van der Waals surface area contributed by atoms with E-state index in [1.807, 2.05) is 23.1 Å². The molecule has 0 unspecified atom stereocenters. The third-order valence-electron chi connectivity index (χ3n) is 4.80. The van der Waals surface area contributed by atoms with E-state index < -0.39 is 0 Å². The molecule has 25 heavy (non-hydrogen) atoms. The van der Waals surface area contributed by atoms with Crippen molar-refractivity contribution in [2.24, 2.45) is 0 Å². The van der Waals surface area contributed by atoms with Crippen molar-refractivity contribution in [1.82, 2.24) is 20.1 Å². The Hall–Kier alpha value is -2.38. The van der Waals surface area contributed by atoms with E-state index in [-0.39, 0.29) is 24.2 Å². The Balaban J connectivity index is 1.42. The zero-order valence-corrected chi connectivity index (χ0v) is 13.8. The fourth-order valence-corrected chi connectivity index (χ4v) is 3.61. The van der Waals surface area contributed by atoms with Crippen LogP contribution in [0.15, 0.2) is 42.9 Å². The number of fused-ring (bicyclic) bond motifs is 1. The minimum atomic E-state index is -0.0868. The van der Waals surface area contributed by atoms with Crippen LogP contribution in [0.2, 0.25) is 0 Å². The lowest BCUT2D eigenvalue weighted by Crippen LogP contribution is -2.53. The molecule has 0 aromatic carbocycles. The van der Waals surface area contributed by atoms with E-state index in [2.05, 4.69) is 15.2 Å². The number of hydrogen-bond donors (Lipinski definition) is 0. The second-order valence-electron chi connectivity index (χ2n) is 6.28. The fourth-order valence-electron chi connectivity index (χ4n) is 3.61. The second-order valence-corrected chi connectivity index (χ2v) is 6.28. The standard InChI is InChI=1S/C18H20N4O3/c23-18(13-6-8-20-21-11-13)22-9-10-24-17-15(22)4-5-16(17)25-12-14-3-1-2-7-19-14/h1-3,6-8,11,15-17H,4-5,9-10,12H2/t15-,16-,17+/m0/s1. The summed E-state index contributed by atoms with van der Waals surface area (Å²) in [5.74, 6) is -0.0152. The van der Waals surface area contributed by atoms with Crippen molar-refractivity contribution >= 4 is 5.91 Å². The summed E-state index contributed by atoms with van der Waals surface area (Å²) in [7, 11) is 0. The number of carbonyl (C=O) groups excluding carboxylic acids is 1. The van der Waals surface area contributed by atoms with Gasteiger partial charge in [-0.2, -0.15) is 10.2 Å². The third kappa shape index (κ3) is 3.38. The monoisotopic (exact) mass is 340 g/mol. The third-order valence-corrected chi connectivity index (χ3v) is 4.80. The van der Waals surface area contributed by atoms with E-state index in [0.717, 1.165) is 18.5 Å². The Morgan fingerprint density at radius 3 is 3.00 bits per heavy atom. The molecule has 2 aromatic rings. The van der Waals surface area contributed by atoms with Crippen LogP contribution in [0.4, 0.5) is 0 Å². The number of ether oxygens (including phenoxy) is 2. The van der Waals surface area contributed by atoms with Crippen LogP contribution in [-0.2, 0) is 16.1 Å². The van der Waals surface area contributed by atoms with Crippen LogP contribution in [0.5, 0.6) is 0 Å². The van der Waals surface area contributed by atoms with E-state index in [9.17, 15) is 4.79 Å². The highest BCUT2D eigenvalue weighted by molar-refractivity contribution is 5.94. The van der Waals surface area contributed by atoms with Crippen molar-refractivity contribution in [3.63, 3.8) is 0 Å². The highest BCUT2D eigenvalue weighted by atomic mass is 16.5. The van der Waals surface area contributed by atoms with Gasteiger partial charge in [0.15, 0.2) is 0 Å². The molecular weight excluding hydrogens is 320 g/mol. The Morgan fingerprint density at radius 2 is 2.20 bits per heavy atom. The summed E-state index contributed by atoms with van der Waals surface area (Å²) in [4.78, 5) is 19.0. The lowest BCUT2D eigenvalue weighted by atomic mass is 10.1. The SMILES string of the molecule is O=C(c1ccnnc1)N1CCO[C@H]2[C@@H](OCc3ccccn3)CC[C@@H]21. The van der Waals surface area contributed by atoms with Gasteiger partial charge in [-0.05, 0) is 31.0 Å². The van der Waals surface area contributed by atoms with Gasteiger partial charge in [0, 0.05) is 12.7 Å². The molecule has 3 atom stereocenters. The number of amides is 1. The van der Waals surface area contributed by atoms with Gasteiger partial charge < -0.3 is 14.4 Å². The van der Waals surface area contributed by atoms with Crippen molar-refractivity contribution in [3.05, 3.63) is 54.1 Å². The molecule has 4 rings (SSSR count). The number of carbonyl (C=O) groups is 1. The van der Waals surface area contributed by atoms with Crippen molar-refractivity contribution in [2.75, 3.05) is 13.2 Å². The van der Waals surface area contributed by atoms with Gasteiger partial charge in [-0.15, -0.1) is 0 Å². The van der Waals surface area contributed by atoms with Gasteiger partial charge in [-0.25, -0.2) is 0 Å². The fraction of sp³-hybridized carbons (Fsp3) is 0.444. The van der Waals surface area contributed by atoms with Gasteiger partial charge in [0.25, 0.3) is 5.91 Å². The topological polar surface area (TPSA) is 77.4 Å². The zero-order chi connectivity index (χ0) is 17.1. The molecule has 7 nitrogen and oxygen atoms in total. The Labute approximate surface area is 146 Å². The molecule has 0 spiro atoms. The zero-order valence-electron chi connectivity index (χ0n) is 13.8. The minimum absolute atomic E-state index is 0.0152. The summed E-state index contributed by atoms with van der Waals surface area (Å²) in [5.41, 5.74) is 1.46. The first-order valence-corrected chi connectivity index (χ1v) is 8.54. The smallest absolute Gasteiger partial charge is 0.255 e. The average Bonchev–Trinajstić information content (AvgIpc) is 3.10. The number of nitrogens with zero attached hydrogens (tertiary/aromatic N) is 4. The van der Waals surface area contributed by atoms with E-state index in [0.29, 0.717) is 25.3 Å². The summed E-state index contributed by atoms with van der Waals surface area (Å²) >= 11 is 0. The molecule has 3 heterocycles. The molecule has 2 aliphatic rings. The van der Waals surface area contributed by atoms with Crippen molar-refractivity contribution in [1.29, 1.82) is 0 Å². The first-order chi connectivity index (χ1) is 12.3. The first kappa shape index (κ1) is 16.1. The maximum absolute atomic E-state index is 12.8. The van der Waals surface area contributed by atoms with Crippen LogP contribution in [0.3, 0.4) is 0 Å². The number of morpholine rings is 1. The predicted molar refractivity (Wildman–Crippen MR) is 88.6 cm³/mol. The Kier molecular flexibility index (Phi) is 4.67.